The Kier molecular flexibility index (Phi) is 4.67. The van der Waals surface area contributed by atoms with Gasteiger partial charge in [0.1, 0.15) is 6.61 Å². The Bertz CT molecular complexity index is 1090. The number of nitrogens with zero attached hydrogens (tertiary/aromatic N) is 2. The summed E-state index contributed by atoms with van der Waals surface area (Å²) in [6, 6.07) is 16.3. The second-order valence-corrected chi connectivity index (χ2v) is 6.23. The molecule has 3 aromatic rings. The van der Waals surface area contributed by atoms with Gasteiger partial charge in [-0.05, 0) is 31.2 Å². The number of fused-ring (bicyclic) bond motifs is 1. The minimum absolute atomic E-state index is 0.0857. The van der Waals surface area contributed by atoms with E-state index in [1.807, 2.05) is 36.4 Å². The molecule has 0 radical (unpaired) electrons. The van der Waals surface area contributed by atoms with Crippen LogP contribution in [-0.4, -0.2) is 34.6 Å². The summed E-state index contributed by atoms with van der Waals surface area (Å²) in [5.74, 6) is 0.645. The van der Waals surface area contributed by atoms with Crippen molar-refractivity contribution in [3.63, 3.8) is 0 Å². The zero-order chi connectivity index (χ0) is 19.5. The van der Waals surface area contributed by atoms with Crippen molar-refractivity contribution in [3.05, 3.63) is 76.2 Å². The standard InChI is InChI=1S/C20H18N4O4/c1-13-15(20(26)24(23-13)14-7-3-2-4-8-14)11-21-22-19(25)18-12-27-16-9-5-6-10-17(16)28-18/h2-11,18,23H,12H2,1H3,(H,22,25)/b21-11+. The summed E-state index contributed by atoms with van der Waals surface area (Å²) < 4.78 is 12.6. The second kappa shape index (κ2) is 7.43. The predicted molar refractivity (Wildman–Crippen MR) is 103 cm³/mol. The molecule has 1 atom stereocenters. The fourth-order valence-corrected chi connectivity index (χ4v) is 2.85. The Hall–Kier alpha value is -3.81. The Morgan fingerprint density at radius 2 is 1.89 bits per heavy atom. The molecule has 1 aromatic heterocycles. The fourth-order valence-electron chi connectivity index (χ4n) is 2.85. The molecule has 142 valence electrons. The molecule has 8 heteroatoms. The van der Waals surface area contributed by atoms with E-state index in [-0.39, 0.29) is 12.2 Å². The third-order valence-corrected chi connectivity index (χ3v) is 4.30. The van der Waals surface area contributed by atoms with Gasteiger partial charge in [0.25, 0.3) is 11.5 Å². The minimum atomic E-state index is -0.819. The molecule has 0 fully saturated rings. The van der Waals surface area contributed by atoms with E-state index in [0.29, 0.717) is 28.4 Å². The lowest BCUT2D eigenvalue weighted by Crippen LogP contribution is -2.42. The van der Waals surface area contributed by atoms with Crippen molar-refractivity contribution in [3.8, 4) is 17.2 Å². The number of hydrogen-bond donors (Lipinski definition) is 2. The normalized spacial score (nSPS) is 15.5. The summed E-state index contributed by atoms with van der Waals surface area (Å²) in [5.41, 5.74) is 3.85. The molecule has 1 unspecified atom stereocenters. The number of ether oxygens (including phenoxy) is 2. The van der Waals surface area contributed by atoms with Crippen LogP contribution in [0.2, 0.25) is 0 Å². The van der Waals surface area contributed by atoms with Gasteiger partial charge in [-0.25, -0.2) is 10.1 Å². The number of aryl methyl sites for hydroxylation is 1. The number of hydrogen-bond acceptors (Lipinski definition) is 5. The van der Waals surface area contributed by atoms with Crippen molar-refractivity contribution >= 4 is 12.1 Å². The average Bonchev–Trinajstić information content (AvgIpc) is 3.02. The Morgan fingerprint density at radius 3 is 2.68 bits per heavy atom. The fraction of sp³-hybridized carbons (Fsp3) is 0.150. The van der Waals surface area contributed by atoms with Crippen LogP contribution in [0.3, 0.4) is 0 Å². The largest absolute Gasteiger partial charge is 0.485 e. The first kappa shape index (κ1) is 17.6. The molecule has 2 heterocycles. The molecule has 0 bridgehead atoms. The van der Waals surface area contributed by atoms with Gasteiger partial charge in [0.05, 0.1) is 17.5 Å². The third kappa shape index (κ3) is 3.39. The number of hydrazone groups is 1. The SMILES string of the molecule is Cc1[nH]n(-c2ccccc2)c(=O)c1/C=N/NC(=O)C1COc2ccccc2O1. The molecule has 8 nitrogen and oxygen atoms in total. The molecular formula is C20H18N4O4. The Labute approximate surface area is 160 Å². The van der Waals surface area contributed by atoms with Crippen molar-refractivity contribution < 1.29 is 14.3 Å². The summed E-state index contributed by atoms with van der Waals surface area (Å²) in [7, 11) is 0. The maximum atomic E-state index is 12.6. The van der Waals surface area contributed by atoms with Crippen molar-refractivity contribution in [2.45, 2.75) is 13.0 Å². The molecule has 0 saturated carbocycles. The Morgan fingerprint density at radius 1 is 1.18 bits per heavy atom. The van der Waals surface area contributed by atoms with Crippen LogP contribution in [0.25, 0.3) is 5.69 Å². The monoisotopic (exact) mass is 378 g/mol. The number of benzene rings is 2. The minimum Gasteiger partial charge on any atom is -0.485 e. The lowest BCUT2D eigenvalue weighted by molar-refractivity contribution is -0.130. The quantitative estimate of drug-likeness (QED) is 0.534. The molecule has 1 amide bonds. The van der Waals surface area contributed by atoms with Crippen LogP contribution >= 0.6 is 0 Å². The van der Waals surface area contributed by atoms with Crippen LogP contribution in [0, 0.1) is 6.92 Å². The van der Waals surface area contributed by atoms with E-state index in [1.54, 1.807) is 25.1 Å². The van der Waals surface area contributed by atoms with E-state index >= 15 is 0 Å². The highest BCUT2D eigenvalue weighted by Gasteiger charge is 2.27. The number of para-hydroxylation sites is 3. The number of H-pyrrole nitrogens is 1. The molecule has 28 heavy (non-hydrogen) atoms. The number of aromatic nitrogens is 2. The zero-order valence-electron chi connectivity index (χ0n) is 15.1. The van der Waals surface area contributed by atoms with Crippen LogP contribution in [-0.2, 0) is 4.79 Å². The molecule has 2 N–H and O–H groups in total. The average molecular weight is 378 g/mol. The number of carbonyl (C=O) groups excluding carboxylic acids is 1. The van der Waals surface area contributed by atoms with Crippen molar-refractivity contribution in [1.82, 2.24) is 15.2 Å². The molecule has 2 aromatic carbocycles. The van der Waals surface area contributed by atoms with Crippen LogP contribution < -0.4 is 20.5 Å². The van der Waals surface area contributed by atoms with Gasteiger partial charge < -0.3 is 9.47 Å². The summed E-state index contributed by atoms with van der Waals surface area (Å²) >= 11 is 0. The van der Waals surface area contributed by atoms with Crippen LogP contribution in [0.1, 0.15) is 11.3 Å². The predicted octanol–water partition coefficient (Wildman–Crippen LogP) is 1.76. The first-order chi connectivity index (χ1) is 13.6. The molecule has 4 rings (SSSR count). The van der Waals surface area contributed by atoms with Crippen LogP contribution in [0.5, 0.6) is 11.5 Å². The van der Waals surface area contributed by atoms with Gasteiger partial charge in [0, 0.05) is 5.69 Å². The molecule has 1 aliphatic heterocycles. The lowest BCUT2D eigenvalue weighted by Gasteiger charge is -2.24. The number of aromatic amines is 1. The first-order valence-electron chi connectivity index (χ1n) is 8.72. The van der Waals surface area contributed by atoms with E-state index in [1.165, 1.54) is 10.9 Å². The van der Waals surface area contributed by atoms with Gasteiger partial charge in [0.2, 0.25) is 6.10 Å². The van der Waals surface area contributed by atoms with Crippen molar-refractivity contribution in [2.24, 2.45) is 5.10 Å². The second-order valence-electron chi connectivity index (χ2n) is 6.23. The maximum Gasteiger partial charge on any atom is 0.284 e. The van der Waals surface area contributed by atoms with Gasteiger partial charge in [0.15, 0.2) is 11.5 Å². The highest BCUT2D eigenvalue weighted by atomic mass is 16.6. The number of carbonyl (C=O) groups is 1. The van der Waals surface area contributed by atoms with Gasteiger partial charge in [-0.2, -0.15) is 5.10 Å². The van der Waals surface area contributed by atoms with Crippen LogP contribution in [0.4, 0.5) is 0 Å². The summed E-state index contributed by atoms with van der Waals surface area (Å²) in [4.78, 5) is 24.9. The van der Waals surface area contributed by atoms with Gasteiger partial charge in [-0.3, -0.25) is 14.7 Å². The smallest absolute Gasteiger partial charge is 0.284 e. The highest BCUT2D eigenvalue weighted by Crippen LogP contribution is 2.30. The molecule has 0 spiro atoms. The number of rotatable bonds is 4. The van der Waals surface area contributed by atoms with E-state index < -0.39 is 12.0 Å². The molecular weight excluding hydrogens is 360 g/mol. The topological polar surface area (TPSA) is 97.7 Å². The molecule has 0 aliphatic carbocycles. The van der Waals surface area contributed by atoms with Crippen LogP contribution in [0.15, 0.2) is 64.5 Å². The van der Waals surface area contributed by atoms with Crippen molar-refractivity contribution in [2.75, 3.05) is 6.61 Å². The van der Waals surface area contributed by atoms with E-state index in [0.717, 1.165) is 0 Å². The number of nitrogens with one attached hydrogen (secondary N) is 2. The van der Waals surface area contributed by atoms with Crippen molar-refractivity contribution in [1.29, 1.82) is 0 Å². The summed E-state index contributed by atoms with van der Waals surface area (Å²) in [6.07, 6.45) is 0.503. The van der Waals surface area contributed by atoms with Gasteiger partial charge >= 0.3 is 0 Å². The lowest BCUT2D eigenvalue weighted by atomic mass is 10.2. The Balaban J connectivity index is 1.45. The third-order valence-electron chi connectivity index (χ3n) is 4.30. The van der Waals surface area contributed by atoms with E-state index in [9.17, 15) is 9.59 Å². The maximum absolute atomic E-state index is 12.6. The number of amides is 1. The highest BCUT2D eigenvalue weighted by molar-refractivity contribution is 5.85. The summed E-state index contributed by atoms with van der Waals surface area (Å²) in [6.45, 7) is 1.85. The molecule has 1 aliphatic rings. The first-order valence-corrected chi connectivity index (χ1v) is 8.72. The summed E-state index contributed by atoms with van der Waals surface area (Å²) in [5, 5.41) is 6.91. The van der Waals surface area contributed by atoms with E-state index in [2.05, 4.69) is 15.6 Å². The molecule has 0 saturated heterocycles. The van der Waals surface area contributed by atoms with E-state index in [4.69, 9.17) is 9.47 Å². The van der Waals surface area contributed by atoms with Gasteiger partial charge in [-0.15, -0.1) is 0 Å². The zero-order valence-corrected chi connectivity index (χ0v) is 15.1. The van der Waals surface area contributed by atoms with Gasteiger partial charge in [-0.1, -0.05) is 30.3 Å².